The average Bonchev–Trinajstić information content (AvgIpc) is 2.75. The molecule has 1 heterocycles. The molecule has 1 aromatic carbocycles. The Balaban J connectivity index is 2.35. The van der Waals surface area contributed by atoms with Gasteiger partial charge in [-0.3, -0.25) is 4.79 Å². The fourth-order valence-corrected chi connectivity index (χ4v) is 2.07. The first-order chi connectivity index (χ1) is 8.50. The van der Waals surface area contributed by atoms with Crippen LogP contribution in [0.2, 0.25) is 0 Å². The van der Waals surface area contributed by atoms with Crippen LogP contribution in [-0.2, 0) is 0 Å². The standard InChI is InChI=1S/C15H20N2O/c1-9(2)16-8-14(18)13-7-17-15-11(4)10(3)5-6-12(13)15/h5-7,9,16-17H,8H2,1-4H3. The third-order valence-corrected chi connectivity index (χ3v) is 3.36. The lowest BCUT2D eigenvalue weighted by Gasteiger charge is -2.06. The second kappa shape index (κ2) is 4.94. The van der Waals surface area contributed by atoms with Gasteiger partial charge in [-0.15, -0.1) is 0 Å². The van der Waals surface area contributed by atoms with Crippen LogP contribution in [0, 0.1) is 13.8 Å². The van der Waals surface area contributed by atoms with E-state index < -0.39 is 0 Å². The molecule has 2 rings (SSSR count). The summed E-state index contributed by atoms with van der Waals surface area (Å²) in [4.78, 5) is 15.4. The number of nitrogens with one attached hydrogen (secondary N) is 2. The number of rotatable bonds is 4. The van der Waals surface area contributed by atoms with Crippen LogP contribution in [0.15, 0.2) is 18.3 Å². The number of carbonyl (C=O) groups excluding carboxylic acids is 1. The van der Waals surface area contributed by atoms with Crippen molar-refractivity contribution in [2.24, 2.45) is 0 Å². The zero-order valence-electron chi connectivity index (χ0n) is 11.4. The van der Waals surface area contributed by atoms with E-state index in [9.17, 15) is 4.79 Å². The lowest BCUT2D eigenvalue weighted by atomic mass is 10.0. The molecule has 96 valence electrons. The molecule has 0 spiro atoms. The van der Waals surface area contributed by atoms with Gasteiger partial charge in [0, 0.05) is 28.7 Å². The smallest absolute Gasteiger partial charge is 0.178 e. The summed E-state index contributed by atoms with van der Waals surface area (Å²) in [5.41, 5.74) is 4.30. The molecule has 0 radical (unpaired) electrons. The Morgan fingerprint density at radius 1 is 1.33 bits per heavy atom. The van der Waals surface area contributed by atoms with Crippen molar-refractivity contribution in [1.82, 2.24) is 10.3 Å². The molecule has 3 heteroatoms. The zero-order valence-corrected chi connectivity index (χ0v) is 11.4. The third-order valence-electron chi connectivity index (χ3n) is 3.36. The van der Waals surface area contributed by atoms with E-state index in [1.54, 1.807) is 0 Å². The highest BCUT2D eigenvalue weighted by atomic mass is 16.1. The van der Waals surface area contributed by atoms with E-state index in [0.717, 1.165) is 16.5 Å². The maximum atomic E-state index is 12.1. The Hall–Kier alpha value is -1.61. The maximum absolute atomic E-state index is 12.1. The van der Waals surface area contributed by atoms with Crippen LogP contribution in [0.25, 0.3) is 10.9 Å². The van der Waals surface area contributed by atoms with Crippen LogP contribution >= 0.6 is 0 Å². The van der Waals surface area contributed by atoms with E-state index in [4.69, 9.17) is 0 Å². The molecule has 0 unspecified atom stereocenters. The first kappa shape index (κ1) is 12.8. The highest BCUT2D eigenvalue weighted by Crippen LogP contribution is 2.24. The molecule has 0 bridgehead atoms. The number of hydrogen-bond acceptors (Lipinski definition) is 2. The number of fused-ring (bicyclic) bond motifs is 1. The average molecular weight is 244 g/mol. The summed E-state index contributed by atoms with van der Waals surface area (Å²) in [6, 6.07) is 4.41. The Morgan fingerprint density at radius 2 is 2.06 bits per heavy atom. The molecule has 3 nitrogen and oxygen atoms in total. The van der Waals surface area contributed by atoms with Gasteiger partial charge in [0.25, 0.3) is 0 Å². The third kappa shape index (κ3) is 2.31. The minimum absolute atomic E-state index is 0.137. The van der Waals surface area contributed by atoms with Crippen LogP contribution in [0.4, 0.5) is 0 Å². The summed E-state index contributed by atoms with van der Waals surface area (Å²) in [7, 11) is 0. The number of Topliss-reactive ketones (excluding diaryl/α,β-unsaturated/α-hetero) is 1. The minimum Gasteiger partial charge on any atom is -0.360 e. The molecule has 1 aromatic heterocycles. The number of aromatic amines is 1. The molecule has 0 amide bonds. The molecular formula is C15H20N2O. The van der Waals surface area contributed by atoms with Gasteiger partial charge in [0.2, 0.25) is 0 Å². The summed E-state index contributed by atoms with van der Waals surface area (Å²) >= 11 is 0. The maximum Gasteiger partial charge on any atom is 0.178 e. The Labute approximate surface area is 108 Å². The molecule has 0 saturated heterocycles. The van der Waals surface area contributed by atoms with Crippen molar-refractivity contribution in [2.75, 3.05) is 6.54 Å². The SMILES string of the molecule is Cc1ccc2c(C(=O)CNC(C)C)c[nH]c2c1C. The molecule has 0 fully saturated rings. The molecule has 0 atom stereocenters. The summed E-state index contributed by atoms with van der Waals surface area (Å²) in [5, 5.41) is 4.18. The Kier molecular flexibility index (Phi) is 3.53. The largest absolute Gasteiger partial charge is 0.360 e. The minimum atomic E-state index is 0.137. The molecule has 18 heavy (non-hydrogen) atoms. The number of ketones is 1. The highest BCUT2D eigenvalue weighted by molar-refractivity contribution is 6.09. The summed E-state index contributed by atoms with van der Waals surface area (Å²) in [6.07, 6.45) is 1.82. The number of aromatic nitrogens is 1. The molecular weight excluding hydrogens is 224 g/mol. The predicted molar refractivity (Wildman–Crippen MR) is 75.2 cm³/mol. The monoisotopic (exact) mass is 244 g/mol. The van der Waals surface area contributed by atoms with E-state index in [1.807, 2.05) is 26.1 Å². The van der Waals surface area contributed by atoms with Crippen molar-refractivity contribution in [1.29, 1.82) is 0 Å². The van der Waals surface area contributed by atoms with Gasteiger partial charge in [0.1, 0.15) is 0 Å². The van der Waals surface area contributed by atoms with Gasteiger partial charge in [-0.25, -0.2) is 0 Å². The van der Waals surface area contributed by atoms with Gasteiger partial charge in [-0.05, 0) is 25.0 Å². The van der Waals surface area contributed by atoms with Gasteiger partial charge in [0.05, 0.1) is 6.54 Å². The number of hydrogen-bond donors (Lipinski definition) is 2. The second-order valence-electron chi connectivity index (χ2n) is 5.09. The summed E-state index contributed by atoms with van der Waals surface area (Å²) in [6.45, 7) is 8.62. The Bertz CT molecular complexity index is 581. The summed E-state index contributed by atoms with van der Waals surface area (Å²) < 4.78 is 0. The van der Waals surface area contributed by atoms with Crippen molar-refractivity contribution < 1.29 is 4.79 Å². The molecule has 0 aliphatic heterocycles. The van der Waals surface area contributed by atoms with Gasteiger partial charge >= 0.3 is 0 Å². The van der Waals surface area contributed by atoms with Crippen LogP contribution in [0.3, 0.4) is 0 Å². The quantitative estimate of drug-likeness (QED) is 0.812. The number of H-pyrrole nitrogens is 1. The van der Waals surface area contributed by atoms with E-state index in [1.165, 1.54) is 11.1 Å². The Morgan fingerprint density at radius 3 is 2.72 bits per heavy atom. The number of benzene rings is 1. The van der Waals surface area contributed by atoms with Crippen molar-refractivity contribution in [3.63, 3.8) is 0 Å². The first-order valence-corrected chi connectivity index (χ1v) is 6.34. The summed E-state index contributed by atoms with van der Waals surface area (Å²) in [5.74, 6) is 0.137. The van der Waals surface area contributed by atoms with E-state index in [0.29, 0.717) is 12.6 Å². The first-order valence-electron chi connectivity index (χ1n) is 6.34. The van der Waals surface area contributed by atoms with Gasteiger partial charge in [0.15, 0.2) is 5.78 Å². The van der Waals surface area contributed by atoms with E-state index in [-0.39, 0.29) is 5.78 Å². The van der Waals surface area contributed by atoms with Gasteiger partial charge in [-0.1, -0.05) is 26.0 Å². The topological polar surface area (TPSA) is 44.9 Å². The molecule has 0 saturated carbocycles. The van der Waals surface area contributed by atoms with Crippen molar-refractivity contribution >= 4 is 16.7 Å². The van der Waals surface area contributed by atoms with E-state index >= 15 is 0 Å². The number of aryl methyl sites for hydroxylation is 2. The van der Waals surface area contributed by atoms with E-state index in [2.05, 4.69) is 30.2 Å². The predicted octanol–water partition coefficient (Wildman–Crippen LogP) is 2.97. The highest BCUT2D eigenvalue weighted by Gasteiger charge is 2.13. The van der Waals surface area contributed by atoms with Crippen molar-refractivity contribution in [2.45, 2.75) is 33.7 Å². The zero-order chi connectivity index (χ0) is 13.3. The fraction of sp³-hybridized carbons (Fsp3) is 0.400. The van der Waals surface area contributed by atoms with Crippen LogP contribution < -0.4 is 5.32 Å². The normalized spacial score (nSPS) is 11.4. The second-order valence-corrected chi connectivity index (χ2v) is 5.09. The fourth-order valence-electron chi connectivity index (χ4n) is 2.07. The van der Waals surface area contributed by atoms with Crippen molar-refractivity contribution in [3.8, 4) is 0 Å². The lowest BCUT2D eigenvalue weighted by Crippen LogP contribution is -2.29. The molecule has 0 aliphatic carbocycles. The molecule has 2 N–H and O–H groups in total. The molecule has 0 aliphatic rings. The van der Waals surface area contributed by atoms with Crippen LogP contribution in [-0.4, -0.2) is 23.4 Å². The number of carbonyl (C=O) groups is 1. The van der Waals surface area contributed by atoms with Crippen molar-refractivity contribution in [3.05, 3.63) is 35.0 Å². The van der Waals surface area contributed by atoms with Crippen LogP contribution in [0.5, 0.6) is 0 Å². The van der Waals surface area contributed by atoms with Gasteiger partial charge < -0.3 is 10.3 Å². The van der Waals surface area contributed by atoms with Gasteiger partial charge in [-0.2, -0.15) is 0 Å². The molecule has 2 aromatic rings. The van der Waals surface area contributed by atoms with Crippen LogP contribution in [0.1, 0.15) is 35.3 Å². The lowest BCUT2D eigenvalue weighted by molar-refractivity contribution is 0.0990.